The molecule has 1 unspecified atom stereocenters. The number of anilines is 1. The first-order valence-electron chi connectivity index (χ1n) is 7.29. The third kappa shape index (κ3) is 3.01. The molecule has 2 rings (SSSR count). The molecular formula is C16H23ClN2O2. The number of aliphatic hydroxyl groups is 1. The summed E-state index contributed by atoms with van der Waals surface area (Å²) in [6, 6.07) is 6.81. The molecule has 1 atom stereocenters. The van der Waals surface area contributed by atoms with Crippen molar-refractivity contribution < 1.29 is 9.90 Å². The minimum absolute atomic E-state index is 0.166. The number of rotatable bonds is 3. The van der Waals surface area contributed by atoms with Crippen molar-refractivity contribution in [1.82, 2.24) is 4.90 Å². The van der Waals surface area contributed by atoms with Crippen molar-refractivity contribution in [3.8, 4) is 0 Å². The van der Waals surface area contributed by atoms with Gasteiger partial charge in [0.1, 0.15) is 5.72 Å². The number of carbonyl (C=O) groups is 1. The highest BCUT2D eigenvalue weighted by molar-refractivity contribution is 6.30. The number of halogens is 1. The quantitative estimate of drug-likeness (QED) is 0.921. The maximum atomic E-state index is 12.9. The largest absolute Gasteiger partial charge is 0.371 e. The zero-order valence-corrected chi connectivity index (χ0v) is 13.8. The predicted molar refractivity (Wildman–Crippen MR) is 85.6 cm³/mol. The molecule has 1 heterocycles. The van der Waals surface area contributed by atoms with E-state index in [-0.39, 0.29) is 11.6 Å². The Morgan fingerprint density at radius 3 is 2.33 bits per heavy atom. The third-order valence-electron chi connectivity index (χ3n) is 3.93. The van der Waals surface area contributed by atoms with Crippen molar-refractivity contribution in [1.29, 1.82) is 0 Å². The van der Waals surface area contributed by atoms with Crippen LogP contribution in [0.25, 0.3) is 0 Å². The van der Waals surface area contributed by atoms with Gasteiger partial charge in [-0.25, -0.2) is 4.79 Å². The highest BCUT2D eigenvalue weighted by atomic mass is 35.5. The topological polar surface area (TPSA) is 43.8 Å². The Bertz CT molecular complexity index is 526. The monoisotopic (exact) mass is 310 g/mol. The van der Waals surface area contributed by atoms with E-state index in [2.05, 4.69) is 0 Å². The number of hydrogen-bond acceptors (Lipinski definition) is 2. The van der Waals surface area contributed by atoms with Gasteiger partial charge in [0, 0.05) is 29.2 Å². The van der Waals surface area contributed by atoms with Gasteiger partial charge in [0.2, 0.25) is 0 Å². The number of urea groups is 1. The van der Waals surface area contributed by atoms with Gasteiger partial charge < -0.3 is 10.0 Å². The van der Waals surface area contributed by atoms with Crippen LogP contribution in [-0.2, 0) is 0 Å². The molecule has 5 heteroatoms. The van der Waals surface area contributed by atoms with Crippen LogP contribution in [0.2, 0.25) is 5.02 Å². The zero-order chi connectivity index (χ0) is 15.8. The lowest BCUT2D eigenvalue weighted by molar-refractivity contribution is -0.0252. The lowest BCUT2D eigenvalue weighted by atomic mass is 9.87. The third-order valence-corrected chi connectivity index (χ3v) is 4.19. The fourth-order valence-electron chi connectivity index (χ4n) is 3.18. The molecule has 1 aliphatic heterocycles. The number of hydrogen-bond donors (Lipinski definition) is 1. The molecule has 1 fully saturated rings. The van der Waals surface area contributed by atoms with Gasteiger partial charge in [-0.15, -0.1) is 0 Å². The molecule has 1 saturated heterocycles. The van der Waals surface area contributed by atoms with Gasteiger partial charge in [-0.1, -0.05) is 18.5 Å². The van der Waals surface area contributed by atoms with E-state index in [4.69, 9.17) is 11.6 Å². The van der Waals surface area contributed by atoms with E-state index in [0.29, 0.717) is 23.7 Å². The van der Waals surface area contributed by atoms with Crippen molar-refractivity contribution in [3.63, 3.8) is 0 Å². The summed E-state index contributed by atoms with van der Waals surface area (Å²) >= 11 is 5.91. The van der Waals surface area contributed by atoms with Crippen LogP contribution < -0.4 is 4.90 Å². The molecule has 0 saturated carbocycles. The first-order valence-corrected chi connectivity index (χ1v) is 7.66. The van der Waals surface area contributed by atoms with Crippen LogP contribution in [0.5, 0.6) is 0 Å². The Labute approximate surface area is 131 Å². The van der Waals surface area contributed by atoms with Crippen LogP contribution in [-0.4, -0.2) is 33.8 Å². The summed E-state index contributed by atoms with van der Waals surface area (Å²) in [7, 11) is 0. The smallest absolute Gasteiger partial charge is 0.327 e. The van der Waals surface area contributed by atoms with Crippen molar-refractivity contribution in [2.24, 2.45) is 0 Å². The summed E-state index contributed by atoms with van der Waals surface area (Å²) in [6.45, 7) is 8.39. The molecule has 1 aromatic rings. The Morgan fingerprint density at radius 2 is 1.81 bits per heavy atom. The van der Waals surface area contributed by atoms with E-state index in [1.54, 1.807) is 31.2 Å². The van der Waals surface area contributed by atoms with Gasteiger partial charge in [0.25, 0.3) is 0 Å². The Balaban J connectivity index is 2.43. The standard InChI is InChI=1S/C16H23ClN2O2/c1-5-10-18-14(20)19(13-8-6-12(17)7-9-13)16(4,21)11-15(18,2)3/h6-9,21H,5,10-11H2,1-4H3. The highest BCUT2D eigenvalue weighted by Crippen LogP contribution is 2.39. The SMILES string of the molecule is CCCN1C(=O)N(c2ccc(Cl)cc2)C(C)(O)CC1(C)C. The van der Waals surface area contributed by atoms with Gasteiger partial charge in [-0.05, 0) is 51.5 Å². The molecule has 0 bridgehead atoms. The fourth-order valence-corrected chi connectivity index (χ4v) is 3.31. The maximum Gasteiger partial charge on any atom is 0.327 e. The summed E-state index contributed by atoms with van der Waals surface area (Å²) < 4.78 is 0. The summed E-state index contributed by atoms with van der Waals surface area (Å²) in [5, 5.41) is 11.4. The summed E-state index contributed by atoms with van der Waals surface area (Å²) in [6.07, 6.45) is 1.36. The van der Waals surface area contributed by atoms with Crippen molar-refractivity contribution in [3.05, 3.63) is 29.3 Å². The highest BCUT2D eigenvalue weighted by Gasteiger charge is 2.49. The molecule has 0 spiro atoms. The second kappa shape index (κ2) is 5.50. The summed E-state index contributed by atoms with van der Waals surface area (Å²) in [5.74, 6) is 0. The van der Waals surface area contributed by atoms with Gasteiger partial charge in [0.15, 0.2) is 0 Å². The zero-order valence-electron chi connectivity index (χ0n) is 13.1. The van der Waals surface area contributed by atoms with Gasteiger partial charge in [-0.3, -0.25) is 4.90 Å². The number of benzene rings is 1. The van der Waals surface area contributed by atoms with E-state index < -0.39 is 5.72 Å². The summed E-state index contributed by atoms with van der Waals surface area (Å²) in [4.78, 5) is 16.2. The van der Waals surface area contributed by atoms with Crippen LogP contribution in [0.4, 0.5) is 10.5 Å². The number of nitrogens with zero attached hydrogens (tertiary/aromatic N) is 2. The van der Waals surface area contributed by atoms with E-state index in [0.717, 1.165) is 6.42 Å². The average molecular weight is 311 g/mol. The van der Waals surface area contributed by atoms with Crippen molar-refractivity contribution in [2.45, 2.75) is 51.8 Å². The van der Waals surface area contributed by atoms with Crippen LogP contribution in [0, 0.1) is 0 Å². The molecule has 0 radical (unpaired) electrons. The molecule has 1 aromatic carbocycles. The van der Waals surface area contributed by atoms with Crippen molar-refractivity contribution in [2.75, 3.05) is 11.4 Å². The minimum Gasteiger partial charge on any atom is -0.371 e. The molecule has 2 amide bonds. The lowest BCUT2D eigenvalue weighted by Crippen LogP contribution is -2.68. The molecule has 0 aliphatic carbocycles. The molecule has 116 valence electrons. The second-order valence-corrected chi connectivity index (χ2v) is 6.89. The first kappa shape index (κ1) is 16.1. The van der Waals surface area contributed by atoms with E-state index in [1.165, 1.54) is 4.90 Å². The van der Waals surface area contributed by atoms with Gasteiger partial charge in [0.05, 0.1) is 0 Å². The second-order valence-electron chi connectivity index (χ2n) is 6.45. The molecule has 4 nitrogen and oxygen atoms in total. The molecule has 0 aromatic heterocycles. The van der Waals surface area contributed by atoms with Crippen LogP contribution in [0.3, 0.4) is 0 Å². The Morgan fingerprint density at radius 1 is 1.24 bits per heavy atom. The predicted octanol–water partition coefficient (Wildman–Crippen LogP) is 3.87. The van der Waals surface area contributed by atoms with Crippen molar-refractivity contribution >= 4 is 23.3 Å². The molecule has 1 aliphatic rings. The van der Waals surface area contributed by atoms with Gasteiger partial charge >= 0.3 is 6.03 Å². The molecule has 1 N–H and O–H groups in total. The lowest BCUT2D eigenvalue weighted by Gasteiger charge is -2.53. The normalized spacial score (nSPS) is 25.3. The van der Waals surface area contributed by atoms with Crippen LogP contribution in [0.15, 0.2) is 24.3 Å². The van der Waals surface area contributed by atoms with Gasteiger partial charge in [-0.2, -0.15) is 0 Å². The first-order chi connectivity index (χ1) is 9.69. The Kier molecular flexibility index (Phi) is 4.22. The number of carbonyl (C=O) groups excluding carboxylic acids is 1. The fraction of sp³-hybridized carbons (Fsp3) is 0.562. The molecular weight excluding hydrogens is 288 g/mol. The molecule has 21 heavy (non-hydrogen) atoms. The van der Waals surface area contributed by atoms with E-state index in [9.17, 15) is 9.90 Å². The Hall–Kier alpha value is -1.26. The van der Waals surface area contributed by atoms with Crippen LogP contribution in [0.1, 0.15) is 40.5 Å². The average Bonchev–Trinajstić information content (AvgIpc) is 2.35. The van der Waals surface area contributed by atoms with E-state index >= 15 is 0 Å². The summed E-state index contributed by atoms with van der Waals surface area (Å²) in [5.41, 5.74) is -0.941. The maximum absolute atomic E-state index is 12.9. The minimum atomic E-state index is -1.22. The van der Waals surface area contributed by atoms with Crippen LogP contribution >= 0.6 is 11.6 Å². The van der Waals surface area contributed by atoms with E-state index in [1.807, 2.05) is 25.7 Å². The number of amides is 2.